The topological polar surface area (TPSA) is 80.2 Å². The number of methoxy groups -OCH3 is 2. The smallest absolute Gasteiger partial charge is 0.275 e. The van der Waals surface area contributed by atoms with Gasteiger partial charge in [-0.05, 0) is 40.2 Å². The molecule has 2 aromatic carbocycles. The molecule has 0 heterocycles. The van der Waals surface area contributed by atoms with E-state index in [1.54, 1.807) is 30.3 Å². The highest BCUT2D eigenvalue weighted by molar-refractivity contribution is 9.11. The first-order valence-electron chi connectivity index (χ1n) is 6.69. The molecule has 8 heteroatoms. The second-order valence-electron chi connectivity index (χ2n) is 4.59. The average Bonchev–Trinajstić information content (AvgIpc) is 2.58. The summed E-state index contributed by atoms with van der Waals surface area (Å²) >= 11 is 6.55. The number of carbonyl (C=O) groups is 1. The van der Waals surface area contributed by atoms with Crippen molar-refractivity contribution in [2.45, 2.75) is 0 Å². The van der Waals surface area contributed by atoms with Gasteiger partial charge in [0, 0.05) is 16.1 Å². The maximum absolute atomic E-state index is 12.2. The van der Waals surface area contributed by atoms with Crippen molar-refractivity contribution in [2.75, 3.05) is 14.2 Å². The zero-order chi connectivity index (χ0) is 17.7. The monoisotopic (exact) mass is 456 g/mol. The van der Waals surface area contributed by atoms with Gasteiger partial charge in [0.25, 0.3) is 5.91 Å². The fraction of sp³-hybridized carbons (Fsp3) is 0.125. The van der Waals surface area contributed by atoms with E-state index in [1.807, 2.05) is 0 Å². The van der Waals surface area contributed by atoms with E-state index in [2.05, 4.69) is 42.4 Å². The molecule has 0 aliphatic carbocycles. The lowest BCUT2D eigenvalue weighted by Gasteiger charge is -2.09. The third kappa shape index (κ3) is 4.27. The molecule has 0 saturated heterocycles. The highest BCUT2D eigenvalue weighted by Crippen LogP contribution is 2.30. The van der Waals surface area contributed by atoms with Crippen molar-refractivity contribution in [2.24, 2.45) is 5.10 Å². The van der Waals surface area contributed by atoms with Crippen LogP contribution in [0.5, 0.6) is 17.2 Å². The summed E-state index contributed by atoms with van der Waals surface area (Å²) in [4.78, 5) is 12.2. The molecule has 1 amide bonds. The van der Waals surface area contributed by atoms with Gasteiger partial charge >= 0.3 is 0 Å². The summed E-state index contributed by atoms with van der Waals surface area (Å²) in [6, 6.07) is 8.21. The summed E-state index contributed by atoms with van der Waals surface area (Å²) in [7, 11) is 2.99. The predicted molar refractivity (Wildman–Crippen MR) is 98.1 cm³/mol. The van der Waals surface area contributed by atoms with Crippen molar-refractivity contribution in [3.63, 3.8) is 0 Å². The highest BCUT2D eigenvalue weighted by atomic mass is 79.9. The quantitative estimate of drug-likeness (QED) is 0.530. The summed E-state index contributed by atoms with van der Waals surface area (Å²) in [6.45, 7) is 0. The van der Waals surface area contributed by atoms with E-state index in [9.17, 15) is 9.90 Å². The van der Waals surface area contributed by atoms with Crippen molar-refractivity contribution >= 4 is 44.0 Å². The molecule has 0 fully saturated rings. The number of phenolic OH excluding ortho intramolecular Hbond substituents is 1. The zero-order valence-corrected chi connectivity index (χ0v) is 16.0. The van der Waals surface area contributed by atoms with Crippen LogP contribution in [-0.2, 0) is 0 Å². The highest BCUT2D eigenvalue weighted by Gasteiger charge is 2.13. The van der Waals surface area contributed by atoms with Gasteiger partial charge in [0.1, 0.15) is 17.2 Å². The molecule has 126 valence electrons. The Kier molecular flexibility index (Phi) is 6.22. The number of halogens is 2. The van der Waals surface area contributed by atoms with Crippen LogP contribution >= 0.6 is 31.9 Å². The van der Waals surface area contributed by atoms with Crippen LogP contribution in [-0.4, -0.2) is 31.4 Å². The second kappa shape index (κ2) is 8.16. The summed E-state index contributed by atoms with van der Waals surface area (Å²) < 4.78 is 11.5. The normalized spacial score (nSPS) is 10.7. The number of nitrogens with zero attached hydrogens (tertiary/aromatic N) is 1. The van der Waals surface area contributed by atoms with Gasteiger partial charge in [-0.2, -0.15) is 5.10 Å². The van der Waals surface area contributed by atoms with Crippen molar-refractivity contribution in [1.29, 1.82) is 0 Å². The molecule has 0 spiro atoms. The minimum atomic E-state index is -0.445. The molecular weight excluding hydrogens is 444 g/mol. The number of hydrazone groups is 1. The van der Waals surface area contributed by atoms with Crippen molar-refractivity contribution in [3.05, 3.63) is 50.4 Å². The van der Waals surface area contributed by atoms with Crippen LogP contribution in [0.3, 0.4) is 0 Å². The van der Waals surface area contributed by atoms with Gasteiger partial charge in [-0.1, -0.05) is 15.9 Å². The van der Waals surface area contributed by atoms with Crippen molar-refractivity contribution in [3.8, 4) is 17.2 Å². The van der Waals surface area contributed by atoms with E-state index in [0.29, 0.717) is 27.1 Å². The molecule has 6 nitrogen and oxygen atoms in total. The zero-order valence-electron chi connectivity index (χ0n) is 12.8. The van der Waals surface area contributed by atoms with Gasteiger partial charge in [0.2, 0.25) is 0 Å². The van der Waals surface area contributed by atoms with E-state index < -0.39 is 5.91 Å². The Morgan fingerprint density at radius 3 is 2.62 bits per heavy atom. The largest absolute Gasteiger partial charge is 0.506 e. The summed E-state index contributed by atoms with van der Waals surface area (Å²) in [5.41, 5.74) is 3.15. The molecule has 0 aliphatic heterocycles. The fourth-order valence-electron chi connectivity index (χ4n) is 1.89. The number of phenols is 1. The summed E-state index contributed by atoms with van der Waals surface area (Å²) in [5.74, 6) is 0.531. The minimum absolute atomic E-state index is 0.0261. The van der Waals surface area contributed by atoms with E-state index in [4.69, 9.17) is 9.47 Å². The fourth-order valence-corrected chi connectivity index (χ4v) is 3.15. The predicted octanol–water partition coefficient (Wildman–Crippen LogP) is 3.70. The lowest BCUT2D eigenvalue weighted by atomic mass is 10.2. The molecular formula is C16H14Br2N2O4. The standard InChI is InChI=1S/C16H14Br2N2O4/c1-23-11-3-4-12(14(7-11)24-2)16(22)20-19-8-9-5-10(17)6-13(18)15(9)21/h3-8,21H,1-2H3,(H,20,22)/b19-8-. The van der Waals surface area contributed by atoms with Crippen molar-refractivity contribution < 1.29 is 19.4 Å². The van der Waals surface area contributed by atoms with Crippen LogP contribution < -0.4 is 14.9 Å². The number of rotatable bonds is 5. The summed E-state index contributed by atoms with van der Waals surface area (Å²) in [6.07, 6.45) is 1.35. The molecule has 0 atom stereocenters. The van der Waals surface area contributed by atoms with Crippen LogP contribution in [0.15, 0.2) is 44.4 Å². The number of carbonyl (C=O) groups excluding carboxylic acids is 1. The van der Waals surface area contributed by atoms with Gasteiger partial charge in [0.15, 0.2) is 0 Å². The number of nitrogens with one attached hydrogen (secondary N) is 1. The maximum Gasteiger partial charge on any atom is 0.275 e. The first-order valence-corrected chi connectivity index (χ1v) is 8.28. The number of benzene rings is 2. The molecule has 0 radical (unpaired) electrons. The minimum Gasteiger partial charge on any atom is -0.506 e. The number of aromatic hydroxyl groups is 1. The van der Waals surface area contributed by atoms with E-state index >= 15 is 0 Å². The second-order valence-corrected chi connectivity index (χ2v) is 6.36. The first kappa shape index (κ1) is 18.3. The Labute approximate surface area is 155 Å². The van der Waals surface area contributed by atoms with Crippen molar-refractivity contribution in [1.82, 2.24) is 5.43 Å². The molecule has 24 heavy (non-hydrogen) atoms. The number of amides is 1. The van der Waals surface area contributed by atoms with Gasteiger partial charge in [-0.15, -0.1) is 0 Å². The third-order valence-electron chi connectivity index (χ3n) is 3.08. The molecule has 0 aliphatic rings. The van der Waals surface area contributed by atoms with Gasteiger partial charge in [-0.3, -0.25) is 4.79 Å². The molecule has 0 aromatic heterocycles. The Hall–Kier alpha value is -2.06. The molecule has 2 rings (SSSR count). The Balaban J connectivity index is 2.16. The van der Waals surface area contributed by atoms with E-state index in [0.717, 1.165) is 4.47 Å². The lowest BCUT2D eigenvalue weighted by Crippen LogP contribution is -2.18. The first-order chi connectivity index (χ1) is 11.5. The van der Waals surface area contributed by atoms with Crippen LogP contribution in [0.1, 0.15) is 15.9 Å². The van der Waals surface area contributed by atoms with Gasteiger partial charge < -0.3 is 14.6 Å². The Morgan fingerprint density at radius 1 is 1.21 bits per heavy atom. The van der Waals surface area contributed by atoms with Crippen LogP contribution in [0.2, 0.25) is 0 Å². The van der Waals surface area contributed by atoms with Gasteiger partial charge in [-0.25, -0.2) is 5.43 Å². The van der Waals surface area contributed by atoms with Crippen LogP contribution in [0.4, 0.5) is 0 Å². The van der Waals surface area contributed by atoms with E-state index in [1.165, 1.54) is 20.4 Å². The third-order valence-corrected chi connectivity index (χ3v) is 4.14. The SMILES string of the molecule is COc1ccc(C(=O)N/N=C\c2cc(Br)cc(Br)c2O)c(OC)c1. The van der Waals surface area contributed by atoms with Crippen LogP contribution in [0.25, 0.3) is 0 Å². The van der Waals surface area contributed by atoms with E-state index in [-0.39, 0.29) is 5.75 Å². The summed E-state index contributed by atoms with van der Waals surface area (Å²) in [5, 5.41) is 13.8. The molecule has 0 saturated carbocycles. The number of hydrogen-bond acceptors (Lipinski definition) is 5. The molecule has 0 unspecified atom stereocenters. The van der Waals surface area contributed by atoms with Gasteiger partial charge in [0.05, 0.1) is 30.5 Å². The lowest BCUT2D eigenvalue weighted by molar-refractivity contribution is 0.0952. The molecule has 2 aromatic rings. The Bertz CT molecular complexity index is 794. The average molecular weight is 458 g/mol. The van der Waals surface area contributed by atoms with Crippen LogP contribution in [0, 0.1) is 0 Å². The molecule has 2 N–H and O–H groups in total. The number of hydrogen-bond donors (Lipinski definition) is 2. The Morgan fingerprint density at radius 2 is 1.96 bits per heavy atom. The maximum atomic E-state index is 12.2. The molecule has 0 bridgehead atoms. The number of ether oxygens (including phenoxy) is 2.